The van der Waals surface area contributed by atoms with Crippen LogP contribution in [0.1, 0.15) is 0 Å². The summed E-state index contributed by atoms with van der Waals surface area (Å²) in [4.78, 5) is 2.36. The minimum Gasteiger partial charge on any atom is -0.311 e. The van der Waals surface area contributed by atoms with Crippen molar-refractivity contribution in [2.24, 2.45) is 0 Å². The van der Waals surface area contributed by atoms with Gasteiger partial charge in [0.1, 0.15) is 0 Å². The van der Waals surface area contributed by atoms with Crippen molar-refractivity contribution in [1.82, 2.24) is 4.57 Å². The largest absolute Gasteiger partial charge is 0.311 e. The maximum absolute atomic E-state index is 2.45. The van der Waals surface area contributed by atoms with E-state index in [2.05, 4.69) is 240 Å². The summed E-state index contributed by atoms with van der Waals surface area (Å²) in [5.74, 6) is 0. The van der Waals surface area contributed by atoms with E-state index in [1.54, 1.807) is 0 Å². The van der Waals surface area contributed by atoms with E-state index in [-0.39, 0.29) is 0 Å². The quantitative estimate of drug-likeness (QED) is 0.164. The van der Waals surface area contributed by atoms with E-state index in [0.29, 0.717) is 0 Å². The van der Waals surface area contributed by atoms with Crippen LogP contribution in [-0.4, -0.2) is 4.57 Å². The minimum atomic E-state index is 1.09. The van der Waals surface area contributed by atoms with Crippen LogP contribution in [0, 0.1) is 0 Å². The Labute approximate surface area is 349 Å². The van der Waals surface area contributed by atoms with Crippen LogP contribution in [0.3, 0.4) is 0 Å². The lowest BCUT2D eigenvalue weighted by molar-refractivity contribution is 1.17. The number of para-hydroxylation sites is 1. The molecule has 280 valence electrons. The van der Waals surface area contributed by atoms with Crippen molar-refractivity contribution in [2.75, 3.05) is 4.90 Å². The van der Waals surface area contributed by atoms with Crippen molar-refractivity contribution < 1.29 is 0 Å². The highest BCUT2D eigenvalue weighted by Crippen LogP contribution is 2.52. The van der Waals surface area contributed by atoms with Crippen molar-refractivity contribution in [2.45, 2.75) is 0 Å². The third-order valence-electron chi connectivity index (χ3n) is 12.4. The van der Waals surface area contributed by atoms with Gasteiger partial charge in [0.2, 0.25) is 0 Å². The molecule has 0 atom stereocenters. The first kappa shape index (κ1) is 34.1. The predicted molar refractivity (Wildman–Crippen MR) is 254 cm³/mol. The average molecular weight is 763 g/mol. The van der Waals surface area contributed by atoms with E-state index < -0.39 is 0 Å². The molecule has 10 aromatic carbocycles. The normalized spacial score (nSPS) is 11.7. The van der Waals surface area contributed by atoms with E-state index in [4.69, 9.17) is 0 Å². The lowest BCUT2D eigenvalue weighted by Gasteiger charge is -2.26. The van der Waals surface area contributed by atoms with Crippen LogP contribution in [-0.2, 0) is 0 Å². The lowest BCUT2D eigenvalue weighted by atomic mass is 9.90. The van der Waals surface area contributed by atoms with Crippen molar-refractivity contribution >= 4 is 49.6 Å². The molecule has 1 heterocycles. The highest BCUT2D eigenvalue weighted by atomic mass is 15.1. The molecule has 0 saturated carbocycles. The zero-order valence-corrected chi connectivity index (χ0v) is 32.8. The van der Waals surface area contributed by atoms with Gasteiger partial charge in [0.15, 0.2) is 0 Å². The van der Waals surface area contributed by atoms with E-state index >= 15 is 0 Å². The van der Waals surface area contributed by atoms with Crippen LogP contribution < -0.4 is 4.90 Å². The van der Waals surface area contributed by atoms with Gasteiger partial charge in [-0.05, 0) is 122 Å². The standard InChI is InChI=1S/C58H38N2/c1-3-13-39(14-4-1)41-25-29-44(30-26-41)59(45-31-27-42(28-32-45)40-15-5-2-6-16-40)46-33-35-47(36-34-46)60-54-24-10-9-21-53(54)58-55(60)38-37-52-51-23-12-18-43-17-11-22-49(56(43)51)48-19-7-8-20-50(48)57(52)58/h1-38H. The summed E-state index contributed by atoms with van der Waals surface area (Å²) >= 11 is 0. The summed E-state index contributed by atoms with van der Waals surface area (Å²) in [5, 5.41) is 5.12. The van der Waals surface area contributed by atoms with Gasteiger partial charge >= 0.3 is 0 Å². The smallest absolute Gasteiger partial charge is 0.0547 e. The van der Waals surface area contributed by atoms with Gasteiger partial charge in [0.05, 0.1) is 11.0 Å². The zero-order valence-electron chi connectivity index (χ0n) is 32.8. The Morgan fingerprint density at radius 3 is 1.38 bits per heavy atom. The van der Waals surface area contributed by atoms with Crippen molar-refractivity contribution in [3.63, 3.8) is 0 Å². The van der Waals surface area contributed by atoms with Crippen LogP contribution in [0.2, 0.25) is 0 Å². The second-order valence-corrected chi connectivity index (χ2v) is 15.7. The fourth-order valence-electron chi connectivity index (χ4n) is 9.63. The third-order valence-corrected chi connectivity index (χ3v) is 12.4. The summed E-state index contributed by atoms with van der Waals surface area (Å²) in [6.45, 7) is 0. The number of hydrogen-bond acceptors (Lipinski definition) is 1. The Balaban J connectivity index is 1.02. The highest BCUT2D eigenvalue weighted by molar-refractivity contribution is 6.23. The van der Waals surface area contributed by atoms with Crippen molar-refractivity contribution in [3.05, 3.63) is 231 Å². The van der Waals surface area contributed by atoms with E-state index in [1.165, 1.54) is 88.2 Å². The summed E-state index contributed by atoms with van der Waals surface area (Å²) < 4.78 is 2.45. The first-order chi connectivity index (χ1) is 29.8. The van der Waals surface area contributed by atoms with Crippen molar-refractivity contribution in [1.29, 1.82) is 0 Å². The molecule has 60 heavy (non-hydrogen) atoms. The molecule has 0 amide bonds. The number of nitrogens with zero attached hydrogens (tertiary/aromatic N) is 2. The van der Waals surface area contributed by atoms with E-state index in [9.17, 15) is 0 Å². The molecule has 0 spiro atoms. The first-order valence-electron chi connectivity index (χ1n) is 20.7. The maximum atomic E-state index is 2.45. The Morgan fingerprint density at radius 1 is 0.283 bits per heavy atom. The second-order valence-electron chi connectivity index (χ2n) is 15.7. The fraction of sp³-hybridized carbons (Fsp3) is 0. The van der Waals surface area contributed by atoms with E-state index in [1.807, 2.05) is 0 Å². The molecular weight excluding hydrogens is 725 g/mol. The number of hydrogen-bond donors (Lipinski definition) is 0. The summed E-state index contributed by atoms with van der Waals surface area (Å²) in [7, 11) is 0. The molecular formula is C58H38N2. The van der Waals surface area contributed by atoms with Crippen LogP contribution in [0.25, 0.3) is 93.9 Å². The molecule has 2 heteroatoms. The van der Waals surface area contributed by atoms with Crippen LogP contribution in [0.4, 0.5) is 17.1 Å². The summed E-state index contributed by atoms with van der Waals surface area (Å²) in [6.07, 6.45) is 0. The van der Waals surface area contributed by atoms with Gasteiger partial charge in [0.25, 0.3) is 0 Å². The Morgan fingerprint density at radius 2 is 0.767 bits per heavy atom. The molecule has 0 N–H and O–H groups in total. The summed E-state index contributed by atoms with van der Waals surface area (Å²) in [6, 6.07) is 84.1. The SMILES string of the molecule is c1ccc(-c2ccc(N(c3ccc(-c4ccccc4)cc3)c3ccc(-n4c5ccccc5c5c6c(ccc54)-c4cccc5cccc(c45)-c4ccccc4-6)cc3)cc2)cc1. The molecule has 12 rings (SSSR count). The molecule has 2 nitrogen and oxygen atoms in total. The maximum Gasteiger partial charge on any atom is 0.0547 e. The number of fused-ring (bicyclic) bond motifs is 9. The molecule has 11 aromatic rings. The monoisotopic (exact) mass is 762 g/mol. The molecule has 0 bridgehead atoms. The van der Waals surface area contributed by atoms with Crippen LogP contribution >= 0.6 is 0 Å². The molecule has 0 aliphatic heterocycles. The Kier molecular flexibility index (Phi) is 7.89. The number of aromatic nitrogens is 1. The van der Waals surface area contributed by atoms with Gasteiger partial charge in [-0.3, -0.25) is 0 Å². The molecule has 0 radical (unpaired) electrons. The highest BCUT2D eigenvalue weighted by Gasteiger charge is 2.26. The lowest BCUT2D eigenvalue weighted by Crippen LogP contribution is -2.10. The number of benzene rings is 10. The second kappa shape index (κ2) is 13.9. The van der Waals surface area contributed by atoms with Gasteiger partial charge in [-0.2, -0.15) is 0 Å². The molecule has 0 fully saturated rings. The minimum absolute atomic E-state index is 1.09. The Hall–Kier alpha value is -7.94. The van der Waals surface area contributed by atoms with Gasteiger partial charge in [0, 0.05) is 39.1 Å². The number of rotatable bonds is 6. The third kappa shape index (κ3) is 5.42. The zero-order chi connectivity index (χ0) is 39.6. The predicted octanol–water partition coefficient (Wildman–Crippen LogP) is 16.1. The summed E-state index contributed by atoms with van der Waals surface area (Å²) in [5.41, 5.74) is 19.3. The topological polar surface area (TPSA) is 8.17 Å². The molecule has 1 aliphatic carbocycles. The van der Waals surface area contributed by atoms with Gasteiger partial charge in [-0.1, -0.05) is 170 Å². The van der Waals surface area contributed by atoms with Crippen LogP contribution in [0.5, 0.6) is 0 Å². The molecule has 0 unspecified atom stereocenters. The van der Waals surface area contributed by atoms with E-state index in [0.717, 1.165) is 22.7 Å². The van der Waals surface area contributed by atoms with Gasteiger partial charge in [-0.15, -0.1) is 0 Å². The molecule has 0 saturated heterocycles. The molecule has 1 aliphatic rings. The molecule has 1 aromatic heterocycles. The fourth-order valence-corrected chi connectivity index (χ4v) is 9.63. The number of anilines is 3. The van der Waals surface area contributed by atoms with Crippen LogP contribution in [0.15, 0.2) is 231 Å². The first-order valence-corrected chi connectivity index (χ1v) is 20.7. The van der Waals surface area contributed by atoms with Gasteiger partial charge < -0.3 is 9.47 Å². The van der Waals surface area contributed by atoms with Gasteiger partial charge in [-0.25, -0.2) is 0 Å². The average Bonchev–Trinajstić information content (AvgIpc) is 3.60. The van der Waals surface area contributed by atoms with Crippen molar-refractivity contribution in [3.8, 4) is 61.3 Å². The Bertz CT molecular complexity index is 3290.